The minimum absolute atomic E-state index is 0.0356. The van der Waals surface area contributed by atoms with Gasteiger partial charge in [-0.3, -0.25) is 0 Å². The van der Waals surface area contributed by atoms with Gasteiger partial charge in [0.05, 0.1) is 49.5 Å². The first kappa shape index (κ1) is 27.7. The largest absolute Gasteiger partial charge is 0.493 e. The summed E-state index contributed by atoms with van der Waals surface area (Å²) >= 11 is 0. The number of nitrogens with one attached hydrogen (secondary N) is 1. The molecule has 11 heteroatoms. The van der Waals surface area contributed by atoms with Gasteiger partial charge in [-0.25, -0.2) is 9.97 Å². The smallest absolute Gasteiger partial charge is 0.416 e. The summed E-state index contributed by atoms with van der Waals surface area (Å²) in [6.45, 7) is 7.25. The summed E-state index contributed by atoms with van der Waals surface area (Å²) in [5.41, 5.74) is 5.86. The highest BCUT2D eigenvalue weighted by Gasteiger charge is 2.45. The molecule has 38 heavy (non-hydrogen) atoms. The number of methoxy groups -OCH3 is 1. The molecule has 1 aliphatic heterocycles. The fraction of sp³-hybridized carbons (Fsp3) is 0.481. The van der Waals surface area contributed by atoms with Crippen molar-refractivity contribution >= 4 is 22.4 Å². The lowest BCUT2D eigenvalue weighted by Gasteiger charge is -2.47. The minimum atomic E-state index is -4.50. The van der Waals surface area contributed by atoms with Gasteiger partial charge in [0.1, 0.15) is 11.6 Å². The van der Waals surface area contributed by atoms with Crippen molar-refractivity contribution in [2.24, 2.45) is 5.41 Å². The fourth-order valence-electron chi connectivity index (χ4n) is 4.59. The number of halogens is 3. The van der Waals surface area contributed by atoms with Crippen molar-refractivity contribution in [3.63, 3.8) is 0 Å². The number of nitrogen functional groups attached to an aromatic ring is 1. The minimum Gasteiger partial charge on any atom is -0.493 e. The molecule has 2 heterocycles. The summed E-state index contributed by atoms with van der Waals surface area (Å²) < 4.78 is 57.5. The van der Waals surface area contributed by atoms with E-state index < -0.39 is 17.8 Å². The molecule has 2 atom stereocenters. The van der Waals surface area contributed by atoms with Crippen LogP contribution in [0.1, 0.15) is 36.8 Å². The highest BCUT2D eigenvalue weighted by Crippen LogP contribution is 2.39. The first-order valence-corrected chi connectivity index (χ1v) is 12.3. The van der Waals surface area contributed by atoms with Gasteiger partial charge in [-0.05, 0) is 64.7 Å². The van der Waals surface area contributed by atoms with Crippen molar-refractivity contribution in [3.05, 3.63) is 47.3 Å². The molecule has 0 unspecified atom stereocenters. The van der Waals surface area contributed by atoms with Crippen LogP contribution in [0, 0.1) is 12.3 Å². The lowest BCUT2D eigenvalue weighted by atomic mass is 9.79. The summed E-state index contributed by atoms with van der Waals surface area (Å²) in [7, 11) is 5.61. The Morgan fingerprint density at radius 1 is 1.11 bits per heavy atom. The number of alkyl halides is 3. The molecule has 1 aromatic heterocycles. The van der Waals surface area contributed by atoms with Gasteiger partial charge in [-0.15, -0.1) is 0 Å². The molecular formula is C27H34F3N5O3. The zero-order valence-corrected chi connectivity index (χ0v) is 22.4. The van der Waals surface area contributed by atoms with E-state index in [-0.39, 0.29) is 17.1 Å². The Bertz CT molecular complexity index is 1310. The van der Waals surface area contributed by atoms with Gasteiger partial charge in [-0.2, -0.15) is 13.2 Å². The van der Waals surface area contributed by atoms with Crippen LogP contribution in [0.4, 0.5) is 24.7 Å². The first-order chi connectivity index (χ1) is 17.8. The SMILES string of the molecule is COc1cc2nc(C)nc(N[C@H](C)c3cc(N)cc(C(F)(F)F)c3)c2cc1OCC1([C@@H](C)N(C)C)COC1. The van der Waals surface area contributed by atoms with E-state index in [1.807, 2.05) is 14.1 Å². The van der Waals surface area contributed by atoms with E-state index >= 15 is 0 Å². The molecule has 2 aromatic carbocycles. The maximum atomic E-state index is 13.4. The molecule has 0 amide bonds. The Balaban J connectivity index is 1.68. The van der Waals surface area contributed by atoms with Crippen LogP contribution in [0.25, 0.3) is 10.9 Å². The van der Waals surface area contributed by atoms with Crippen molar-refractivity contribution in [1.82, 2.24) is 14.9 Å². The molecule has 0 aliphatic carbocycles. The van der Waals surface area contributed by atoms with Crippen LogP contribution in [0.3, 0.4) is 0 Å². The number of ether oxygens (including phenoxy) is 3. The molecule has 0 bridgehead atoms. The number of fused-ring (bicyclic) bond motifs is 1. The van der Waals surface area contributed by atoms with E-state index in [1.165, 1.54) is 6.07 Å². The van der Waals surface area contributed by atoms with Gasteiger partial charge in [0.15, 0.2) is 11.5 Å². The summed E-state index contributed by atoms with van der Waals surface area (Å²) in [5, 5.41) is 3.89. The molecule has 4 rings (SSSR count). The van der Waals surface area contributed by atoms with Gasteiger partial charge >= 0.3 is 6.18 Å². The van der Waals surface area contributed by atoms with Crippen LogP contribution < -0.4 is 20.5 Å². The monoisotopic (exact) mass is 533 g/mol. The Hall–Kier alpha value is -3.31. The highest BCUT2D eigenvalue weighted by atomic mass is 19.4. The Morgan fingerprint density at radius 2 is 1.82 bits per heavy atom. The Kier molecular flexibility index (Phi) is 7.62. The lowest BCUT2D eigenvalue weighted by Crippen LogP contribution is -2.58. The maximum Gasteiger partial charge on any atom is 0.416 e. The molecule has 1 aliphatic rings. The third kappa shape index (κ3) is 5.58. The topological polar surface area (TPSA) is 94.8 Å². The van der Waals surface area contributed by atoms with E-state index in [0.717, 1.165) is 12.1 Å². The number of aromatic nitrogens is 2. The van der Waals surface area contributed by atoms with Crippen LogP contribution in [-0.2, 0) is 10.9 Å². The number of rotatable bonds is 9. The van der Waals surface area contributed by atoms with Gasteiger partial charge in [0.25, 0.3) is 0 Å². The number of aryl methyl sites for hydroxylation is 1. The zero-order chi connectivity index (χ0) is 27.8. The van der Waals surface area contributed by atoms with Gasteiger partial charge in [-0.1, -0.05) is 0 Å². The van der Waals surface area contributed by atoms with Crippen LogP contribution in [-0.4, -0.2) is 61.9 Å². The quantitative estimate of drug-likeness (QED) is 0.369. The predicted octanol–water partition coefficient (Wildman–Crippen LogP) is 5.07. The van der Waals surface area contributed by atoms with Gasteiger partial charge < -0.3 is 30.2 Å². The molecular weight excluding hydrogens is 499 g/mol. The third-order valence-corrected chi connectivity index (χ3v) is 7.21. The van der Waals surface area contributed by atoms with E-state index in [9.17, 15) is 13.2 Å². The van der Waals surface area contributed by atoms with Crippen molar-refractivity contribution in [2.45, 2.75) is 39.0 Å². The van der Waals surface area contributed by atoms with Gasteiger partial charge in [0, 0.05) is 23.2 Å². The number of hydrogen-bond donors (Lipinski definition) is 2. The number of nitrogens with zero attached hydrogens (tertiary/aromatic N) is 3. The average molecular weight is 534 g/mol. The molecule has 206 valence electrons. The molecule has 0 saturated carbocycles. The normalized spacial score (nSPS) is 16.7. The van der Waals surface area contributed by atoms with Crippen molar-refractivity contribution in [2.75, 3.05) is 52.1 Å². The van der Waals surface area contributed by atoms with E-state index in [1.54, 1.807) is 33.1 Å². The first-order valence-electron chi connectivity index (χ1n) is 12.3. The van der Waals surface area contributed by atoms with E-state index in [0.29, 0.717) is 59.4 Å². The summed E-state index contributed by atoms with van der Waals surface area (Å²) in [4.78, 5) is 11.2. The number of hydrogen-bond acceptors (Lipinski definition) is 8. The molecule has 1 saturated heterocycles. The predicted molar refractivity (Wildman–Crippen MR) is 141 cm³/mol. The van der Waals surface area contributed by atoms with Gasteiger partial charge in [0.2, 0.25) is 0 Å². The second-order valence-corrected chi connectivity index (χ2v) is 10.2. The summed E-state index contributed by atoms with van der Waals surface area (Å²) in [6.07, 6.45) is -4.50. The molecule has 3 N–H and O–H groups in total. The van der Waals surface area contributed by atoms with Crippen LogP contribution in [0.5, 0.6) is 11.5 Å². The fourth-order valence-corrected chi connectivity index (χ4v) is 4.59. The number of anilines is 2. The Labute approximate surface area is 220 Å². The van der Waals surface area contributed by atoms with Crippen LogP contribution in [0.2, 0.25) is 0 Å². The van der Waals surface area contributed by atoms with Crippen LogP contribution in [0.15, 0.2) is 30.3 Å². The van der Waals surface area contributed by atoms with Crippen molar-refractivity contribution in [1.29, 1.82) is 0 Å². The number of benzene rings is 2. The maximum absolute atomic E-state index is 13.4. The van der Waals surface area contributed by atoms with Crippen molar-refractivity contribution in [3.8, 4) is 11.5 Å². The molecule has 1 fully saturated rings. The van der Waals surface area contributed by atoms with Crippen molar-refractivity contribution < 1.29 is 27.4 Å². The molecule has 0 spiro atoms. The zero-order valence-electron chi connectivity index (χ0n) is 22.4. The van der Waals surface area contributed by atoms with E-state index in [2.05, 4.69) is 27.1 Å². The molecule has 0 radical (unpaired) electrons. The summed E-state index contributed by atoms with van der Waals surface area (Å²) in [6, 6.07) is 6.81. The second kappa shape index (κ2) is 10.5. The van der Waals surface area contributed by atoms with Crippen LogP contribution >= 0.6 is 0 Å². The third-order valence-electron chi connectivity index (χ3n) is 7.21. The Morgan fingerprint density at radius 3 is 2.39 bits per heavy atom. The highest BCUT2D eigenvalue weighted by molar-refractivity contribution is 5.92. The number of nitrogens with two attached hydrogens (primary N) is 1. The molecule has 8 nitrogen and oxygen atoms in total. The van der Waals surface area contributed by atoms with E-state index in [4.69, 9.17) is 19.9 Å². The summed E-state index contributed by atoms with van der Waals surface area (Å²) in [5.74, 6) is 2.00. The average Bonchev–Trinajstić information content (AvgIpc) is 2.81. The second-order valence-electron chi connectivity index (χ2n) is 10.2. The lowest BCUT2D eigenvalue weighted by molar-refractivity contribution is -0.162. The standard InChI is InChI=1S/C27H34F3N5O3/c1-15(18-7-19(27(28,29)30)9-20(31)8-18)32-25-21-10-24(23(36-6)11-22(21)33-17(3)34-25)38-14-26(12-37-13-26)16(2)35(4)5/h7-11,15-16H,12-14,31H2,1-6H3,(H,32,33,34)/t15-,16-/m1/s1. The molecule has 3 aromatic rings.